The van der Waals surface area contributed by atoms with E-state index in [1.54, 1.807) is 6.92 Å². The number of hydrogen-bond acceptors (Lipinski definition) is 5. The van der Waals surface area contributed by atoms with E-state index in [-0.39, 0.29) is 11.9 Å². The topological polar surface area (TPSA) is 58.6 Å². The summed E-state index contributed by atoms with van der Waals surface area (Å²) in [6.07, 6.45) is 0.789. The Kier molecular flexibility index (Phi) is 6.20. The third kappa shape index (κ3) is 4.13. The SMILES string of the molecule is CCOC(=O)c1c(NC(=O)c2ccc(C)c(C)c2)sc2c1CCN(C(C)C)C2. The zero-order chi connectivity index (χ0) is 20.4. The van der Waals surface area contributed by atoms with Gasteiger partial charge in [-0.05, 0) is 69.9 Å². The van der Waals surface area contributed by atoms with Crippen LogP contribution in [0.15, 0.2) is 18.2 Å². The molecule has 1 aromatic carbocycles. The molecule has 2 heterocycles. The van der Waals surface area contributed by atoms with Crippen LogP contribution in [0.2, 0.25) is 0 Å². The molecule has 5 nitrogen and oxygen atoms in total. The number of benzene rings is 1. The molecule has 0 aliphatic carbocycles. The van der Waals surface area contributed by atoms with E-state index >= 15 is 0 Å². The fourth-order valence-electron chi connectivity index (χ4n) is 3.43. The highest BCUT2D eigenvalue weighted by Crippen LogP contribution is 2.38. The first kappa shape index (κ1) is 20.6. The molecule has 1 N–H and O–H groups in total. The molecule has 0 fully saturated rings. The molecule has 0 atom stereocenters. The Balaban J connectivity index is 1.94. The third-order valence-corrected chi connectivity index (χ3v) is 6.42. The Hall–Kier alpha value is -2.18. The Morgan fingerprint density at radius 3 is 2.64 bits per heavy atom. The molecule has 150 valence electrons. The van der Waals surface area contributed by atoms with Gasteiger partial charge in [0.2, 0.25) is 0 Å². The summed E-state index contributed by atoms with van der Waals surface area (Å²) in [5.74, 6) is -0.554. The highest BCUT2D eigenvalue weighted by molar-refractivity contribution is 7.17. The van der Waals surface area contributed by atoms with Crippen molar-refractivity contribution < 1.29 is 14.3 Å². The number of fused-ring (bicyclic) bond motifs is 1. The molecule has 1 amide bonds. The Morgan fingerprint density at radius 2 is 2.00 bits per heavy atom. The van der Waals surface area contributed by atoms with Crippen LogP contribution in [0, 0.1) is 13.8 Å². The fraction of sp³-hybridized carbons (Fsp3) is 0.455. The van der Waals surface area contributed by atoms with E-state index in [0.29, 0.717) is 28.8 Å². The first-order valence-electron chi connectivity index (χ1n) is 9.76. The number of nitrogens with one attached hydrogen (secondary N) is 1. The van der Waals surface area contributed by atoms with Gasteiger partial charge in [-0.2, -0.15) is 0 Å². The quantitative estimate of drug-likeness (QED) is 0.748. The van der Waals surface area contributed by atoms with E-state index in [1.165, 1.54) is 11.3 Å². The average molecular weight is 401 g/mol. The summed E-state index contributed by atoms with van der Waals surface area (Å²) < 4.78 is 5.29. The van der Waals surface area contributed by atoms with Crippen LogP contribution in [-0.4, -0.2) is 36.0 Å². The second kappa shape index (κ2) is 8.45. The number of amides is 1. The van der Waals surface area contributed by atoms with Crippen molar-refractivity contribution in [2.24, 2.45) is 0 Å². The second-order valence-corrected chi connectivity index (χ2v) is 8.60. The number of aryl methyl sites for hydroxylation is 2. The van der Waals surface area contributed by atoms with Crippen molar-refractivity contribution in [2.75, 3.05) is 18.5 Å². The van der Waals surface area contributed by atoms with Gasteiger partial charge in [0.25, 0.3) is 5.91 Å². The lowest BCUT2D eigenvalue weighted by Crippen LogP contribution is -2.35. The molecule has 1 aromatic heterocycles. The van der Waals surface area contributed by atoms with Gasteiger partial charge in [0.1, 0.15) is 5.00 Å². The maximum Gasteiger partial charge on any atom is 0.341 e. The summed E-state index contributed by atoms with van der Waals surface area (Å²) >= 11 is 1.49. The standard InChI is InChI=1S/C22H28N2O3S/c1-6-27-22(26)19-17-9-10-24(13(2)3)12-18(17)28-21(19)23-20(25)16-8-7-14(4)15(5)11-16/h7-8,11,13H,6,9-10,12H2,1-5H3,(H,23,25). The van der Waals surface area contributed by atoms with E-state index in [1.807, 2.05) is 32.0 Å². The predicted octanol–water partition coefficient (Wildman–Crippen LogP) is 4.56. The van der Waals surface area contributed by atoms with Gasteiger partial charge in [0.05, 0.1) is 12.2 Å². The Morgan fingerprint density at radius 1 is 1.25 bits per heavy atom. The van der Waals surface area contributed by atoms with Gasteiger partial charge in [0, 0.05) is 29.6 Å². The number of hydrogen-bond donors (Lipinski definition) is 1. The van der Waals surface area contributed by atoms with Gasteiger partial charge in [0.15, 0.2) is 0 Å². The van der Waals surface area contributed by atoms with Crippen molar-refractivity contribution >= 4 is 28.2 Å². The molecule has 1 aliphatic rings. The normalized spacial score (nSPS) is 14.1. The number of carbonyl (C=O) groups excluding carboxylic acids is 2. The average Bonchev–Trinajstić information content (AvgIpc) is 3.00. The Bertz CT molecular complexity index is 901. The molecule has 0 unspecified atom stereocenters. The van der Waals surface area contributed by atoms with Crippen molar-refractivity contribution in [3.05, 3.63) is 50.9 Å². The van der Waals surface area contributed by atoms with Crippen molar-refractivity contribution in [3.63, 3.8) is 0 Å². The minimum atomic E-state index is -0.353. The van der Waals surface area contributed by atoms with Crippen LogP contribution in [-0.2, 0) is 17.7 Å². The zero-order valence-corrected chi connectivity index (χ0v) is 18.0. The highest BCUT2D eigenvalue weighted by atomic mass is 32.1. The smallest absolute Gasteiger partial charge is 0.341 e. The van der Waals surface area contributed by atoms with Gasteiger partial charge in [-0.15, -0.1) is 11.3 Å². The second-order valence-electron chi connectivity index (χ2n) is 7.50. The highest BCUT2D eigenvalue weighted by Gasteiger charge is 2.30. The van der Waals surface area contributed by atoms with E-state index < -0.39 is 0 Å². The Labute approximate surface area is 170 Å². The number of rotatable bonds is 5. The summed E-state index contributed by atoms with van der Waals surface area (Å²) in [6, 6.07) is 6.07. The molecular weight excluding hydrogens is 372 g/mol. The van der Waals surface area contributed by atoms with Gasteiger partial charge >= 0.3 is 5.97 Å². The van der Waals surface area contributed by atoms with Gasteiger partial charge in [-0.1, -0.05) is 6.07 Å². The van der Waals surface area contributed by atoms with Crippen LogP contribution in [0.25, 0.3) is 0 Å². The van der Waals surface area contributed by atoms with Crippen LogP contribution in [0.1, 0.15) is 63.1 Å². The van der Waals surface area contributed by atoms with E-state index in [0.717, 1.165) is 41.1 Å². The van der Waals surface area contributed by atoms with Crippen LogP contribution in [0.3, 0.4) is 0 Å². The summed E-state index contributed by atoms with van der Waals surface area (Å²) in [5.41, 5.74) is 4.35. The minimum absolute atomic E-state index is 0.201. The summed E-state index contributed by atoms with van der Waals surface area (Å²) in [7, 11) is 0. The molecule has 0 saturated carbocycles. The molecule has 28 heavy (non-hydrogen) atoms. The lowest BCUT2D eigenvalue weighted by atomic mass is 10.0. The number of ether oxygens (including phenoxy) is 1. The third-order valence-electron chi connectivity index (χ3n) is 5.29. The fourth-order valence-corrected chi connectivity index (χ4v) is 4.69. The molecule has 0 bridgehead atoms. The monoisotopic (exact) mass is 400 g/mol. The molecular formula is C22H28N2O3S. The van der Waals surface area contributed by atoms with Crippen molar-refractivity contribution in [3.8, 4) is 0 Å². The number of esters is 1. The molecule has 0 radical (unpaired) electrons. The van der Waals surface area contributed by atoms with Crippen molar-refractivity contribution in [2.45, 2.75) is 53.6 Å². The molecule has 2 aromatic rings. The molecule has 0 saturated heterocycles. The van der Waals surface area contributed by atoms with E-state index in [4.69, 9.17) is 4.74 Å². The number of carbonyl (C=O) groups is 2. The minimum Gasteiger partial charge on any atom is -0.462 e. The first-order chi connectivity index (χ1) is 13.3. The zero-order valence-electron chi connectivity index (χ0n) is 17.2. The van der Waals surface area contributed by atoms with E-state index in [9.17, 15) is 9.59 Å². The molecule has 3 rings (SSSR count). The summed E-state index contributed by atoms with van der Waals surface area (Å²) in [4.78, 5) is 29.0. The van der Waals surface area contributed by atoms with Crippen molar-refractivity contribution in [1.29, 1.82) is 0 Å². The van der Waals surface area contributed by atoms with Gasteiger partial charge in [-0.3, -0.25) is 9.69 Å². The van der Waals surface area contributed by atoms with Crippen LogP contribution in [0.5, 0.6) is 0 Å². The lowest BCUT2D eigenvalue weighted by molar-refractivity contribution is 0.0526. The first-order valence-corrected chi connectivity index (χ1v) is 10.6. The van der Waals surface area contributed by atoms with Crippen LogP contribution < -0.4 is 5.32 Å². The number of anilines is 1. The molecule has 6 heteroatoms. The summed E-state index contributed by atoms with van der Waals surface area (Å²) in [5, 5.41) is 3.57. The van der Waals surface area contributed by atoms with Gasteiger partial charge in [-0.25, -0.2) is 4.79 Å². The number of nitrogens with zero attached hydrogens (tertiary/aromatic N) is 1. The molecule has 0 spiro atoms. The van der Waals surface area contributed by atoms with E-state index in [2.05, 4.69) is 24.1 Å². The van der Waals surface area contributed by atoms with Crippen molar-refractivity contribution in [1.82, 2.24) is 4.90 Å². The maximum absolute atomic E-state index is 12.8. The largest absolute Gasteiger partial charge is 0.462 e. The maximum atomic E-state index is 12.8. The summed E-state index contributed by atoms with van der Waals surface area (Å²) in [6.45, 7) is 12.2. The van der Waals surface area contributed by atoms with Crippen LogP contribution in [0.4, 0.5) is 5.00 Å². The van der Waals surface area contributed by atoms with Crippen LogP contribution >= 0.6 is 11.3 Å². The lowest BCUT2D eigenvalue weighted by Gasteiger charge is -2.30. The van der Waals surface area contributed by atoms with Gasteiger partial charge < -0.3 is 10.1 Å². The predicted molar refractivity (Wildman–Crippen MR) is 113 cm³/mol. The molecule has 1 aliphatic heterocycles. The number of thiophene rings is 1.